The van der Waals surface area contributed by atoms with E-state index >= 15 is 0 Å². The van der Waals surface area contributed by atoms with Gasteiger partial charge in [-0.2, -0.15) is 0 Å². The molecule has 0 bridgehead atoms. The minimum atomic E-state index is 0.517. The zero-order valence-corrected chi connectivity index (χ0v) is 6.59. The van der Waals surface area contributed by atoms with E-state index in [1.54, 1.807) is 0 Å². The minimum absolute atomic E-state index is 0.517. The van der Waals surface area contributed by atoms with Gasteiger partial charge in [0.2, 0.25) is 0 Å². The first-order valence-electron chi connectivity index (χ1n) is 4.20. The molecule has 0 aromatic rings. The zero-order chi connectivity index (χ0) is 7.14. The Hall–Kier alpha value is -0.0800. The Labute approximate surface area is 62.4 Å². The molecule has 1 saturated carbocycles. The molecule has 0 amide bonds. The number of fused-ring (bicyclic) bond motifs is 1. The monoisotopic (exact) mass is 140 g/mol. The Bertz CT molecular complexity index is 107. The first-order valence-corrected chi connectivity index (χ1v) is 4.20. The van der Waals surface area contributed by atoms with Crippen molar-refractivity contribution in [2.45, 2.75) is 18.9 Å². The highest BCUT2D eigenvalue weighted by atomic mass is 15.1. The molecule has 2 aliphatic rings. The van der Waals surface area contributed by atoms with Gasteiger partial charge in [0.25, 0.3) is 0 Å². The van der Waals surface area contributed by atoms with Crippen LogP contribution in [0.4, 0.5) is 0 Å². The molecule has 2 fully saturated rings. The smallest absolute Gasteiger partial charge is 0.00452 e. The van der Waals surface area contributed by atoms with E-state index in [0.717, 1.165) is 11.8 Å². The molecule has 3 atom stereocenters. The maximum absolute atomic E-state index is 5.85. The van der Waals surface area contributed by atoms with E-state index < -0.39 is 0 Å². The van der Waals surface area contributed by atoms with Crippen LogP contribution in [-0.2, 0) is 0 Å². The van der Waals surface area contributed by atoms with Gasteiger partial charge in [-0.15, -0.1) is 0 Å². The van der Waals surface area contributed by atoms with Crippen LogP contribution in [0.2, 0.25) is 0 Å². The predicted octanol–water partition coefficient (Wildman–Crippen LogP) is 0.285. The van der Waals surface area contributed by atoms with Crippen molar-refractivity contribution in [1.82, 2.24) is 4.90 Å². The van der Waals surface area contributed by atoms with Gasteiger partial charge in [-0.25, -0.2) is 0 Å². The van der Waals surface area contributed by atoms with Crippen molar-refractivity contribution in [3.63, 3.8) is 0 Å². The molecule has 10 heavy (non-hydrogen) atoms. The number of nitrogens with two attached hydrogens (primary N) is 1. The second kappa shape index (κ2) is 2.21. The van der Waals surface area contributed by atoms with Gasteiger partial charge >= 0.3 is 0 Å². The van der Waals surface area contributed by atoms with Crippen molar-refractivity contribution in [2.75, 3.05) is 20.1 Å². The highest BCUT2D eigenvalue weighted by Gasteiger charge is 2.37. The lowest BCUT2D eigenvalue weighted by atomic mass is 10.0. The molecule has 0 radical (unpaired) electrons. The molecule has 2 heteroatoms. The van der Waals surface area contributed by atoms with E-state index in [-0.39, 0.29) is 0 Å². The van der Waals surface area contributed by atoms with Crippen molar-refractivity contribution in [3.8, 4) is 0 Å². The highest BCUT2D eigenvalue weighted by Crippen LogP contribution is 2.36. The van der Waals surface area contributed by atoms with Gasteiger partial charge < -0.3 is 10.6 Å². The quantitative estimate of drug-likeness (QED) is 0.524. The van der Waals surface area contributed by atoms with Gasteiger partial charge in [-0.05, 0) is 31.7 Å². The molecule has 1 aliphatic heterocycles. The molecule has 58 valence electrons. The summed E-state index contributed by atoms with van der Waals surface area (Å²) in [6.07, 6.45) is 2.55. The van der Waals surface area contributed by atoms with E-state index in [2.05, 4.69) is 11.9 Å². The number of rotatable bonds is 0. The molecule has 2 nitrogen and oxygen atoms in total. The summed E-state index contributed by atoms with van der Waals surface area (Å²) < 4.78 is 0. The standard InChI is InChI=1S/C8H16N2/c1-10-4-6-2-8(9)3-7(6)5-10/h6-8H,2-5,9H2,1H3/t6-,7?,8?/m0/s1. The molecule has 0 spiro atoms. The number of hydrogen-bond acceptors (Lipinski definition) is 2. The second-order valence-electron chi connectivity index (χ2n) is 3.97. The maximum Gasteiger partial charge on any atom is 0.00452 e. The number of likely N-dealkylation sites (tertiary alicyclic amines) is 1. The number of nitrogens with zero attached hydrogens (tertiary/aromatic N) is 1. The molecule has 2 unspecified atom stereocenters. The minimum Gasteiger partial charge on any atom is -0.328 e. The average molecular weight is 140 g/mol. The largest absolute Gasteiger partial charge is 0.328 e. The molecule has 2 N–H and O–H groups in total. The van der Waals surface area contributed by atoms with Gasteiger partial charge in [0.1, 0.15) is 0 Å². The third kappa shape index (κ3) is 0.956. The lowest BCUT2D eigenvalue weighted by Crippen LogP contribution is -2.22. The topological polar surface area (TPSA) is 29.3 Å². The van der Waals surface area contributed by atoms with Gasteiger partial charge in [0, 0.05) is 19.1 Å². The molecule has 1 saturated heterocycles. The zero-order valence-electron chi connectivity index (χ0n) is 6.59. The summed E-state index contributed by atoms with van der Waals surface area (Å²) in [5.41, 5.74) is 5.85. The van der Waals surface area contributed by atoms with E-state index in [9.17, 15) is 0 Å². The Morgan fingerprint density at radius 1 is 1.20 bits per heavy atom. The second-order valence-corrected chi connectivity index (χ2v) is 3.97. The Morgan fingerprint density at radius 2 is 1.70 bits per heavy atom. The molecular weight excluding hydrogens is 124 g/mol. The van der Waals surface area contributed by atoms with Crippen LogP contribution in [0.5, 0.6) is 0 Å². The highest BCUT2D eigenvalue weighted by molar-refractivity contribution is 4.92. The van der Waals surface area contributed by atoms with Crippen molar-refractivity contribution in [3.05, 3.63) is 0 Å². The molecule has 1 heterocycles. The molecule has 2 rings (SSSR count). The van der Waals surface area contributed by atoms with Crippen molar-refractivity contribution in [1.29, 1.82) is 0 Å². The Kier molecular flexibility index (Phi) is 1.46. The van der Waals surface area contributed by atoms with Crippen molar-refractivity contribution >= 4 is 0 Å². The summed E-state index contributed by atoms with van der Waals surface area (Å²) >= 11 is 0. The Morgan fingerprint density at radius 3 is 2.20 bits per heavy atom. The van der Waals surface area contributed by atoms with Gasteiger partial charge in [-0.1, -0.05) is 0 Å². The SMILES string of the molecule is CN1CC2CC(N)C[C@H]2C1. The third-order valence-electron chi connectivity index (χ3n) is 2.97. The van der Waals surface area contributed by atoms with Crippen LogP contribution in [0.3, 0.4) is 0 Å². The lowest BCUT2D eigenvalue weighted by molar-refractivity contribution is 0.371. The van der Waals surface area contributed by atoms with Crippen LogP contribution in [0.15, 0.2) is 0 Å². The van der Waals surface area contributed by atoms with E-state index in [1.165, 1.54) is 25.9 Å². The van der Waals surface area contributed by atoms with Crippen molar-refractivity contribution in [2.24, 2.45) is 17.6 Å². The summed E-state index contributed by atoms with van der Waals surface area (Å²) in [6, 6.07) is 0.517. The van der Waals surface area contributed by atoms with E-state index in [1.807, 2.05) is 0 Å². The van der Waals surface area contributed by atoms with Crippen LogP contribution in [0.1, 0.15) is 12.8 Å². The molecular formula is C8H16N2. The fraction of sp³-hybridized carbons (Fsp3) is 1.00. The van der Waals surface area contributed by atoms with Crippen LogP contribution >= 0.6 is 0 Å². The maximum atomic E-state index is 5.85. The third-order valence-corrected chi connectivity index (χ3v) is 2.97. The summed E-state index contributed by atoms with van der Waals surface area (Å²) in [5, 5.41) is 0. The first kappa shape index (κ1) is 6.62. The molecule has 1 aliphatic carbocycles. The van der Waals surface area contributed by atoms with Crippen LogP contribution in [0.25, 0.3) is 0 Å². The summed E-state index contributed by atoms with van der Waals surface area (Å²) in [7, 11) is 2.21. The van der Waals surface area contributed by atoms with Gasteiger partial charge in [-0.3, -0.25) is 0 Å². The fourth-order valence-corrected chi connectivity index (χ4v) is 2.58. The fourth-order valence-electron chi connectivity index (χ4n) is 2.58. The van der Waals surface area contributed by atoms with E-state index in [0.29, 0.717) is 6.04 Å². The average Bonchev–Trinajstić information content (AvgIpc) is 2.21. The molecule has 0 aromatic carbocycles. The summed E-state index contributed by atoms with van der Waals surface area (Å²) in [5.74, 6) is 1.86. The van der Waals surface area contributed by atoms with Crippen LogP contribution < -0.4 is 5.73 Å². The lowest BCUT2D eigenvalue weighted by Gasteiger charge is -2.09. The summed E-state index contributed by atoms with van der Waals surface area (Å²) in [4.78, 5) is 2.43. The van der Waals surface area contributed by atoms with Crippen LogP contribution in [-0.4, -0.2) is 31.1 Å². The van der Waals surface area contributed by atoms with Crippen LogP contribution in [0, 0.1) is 11.8 Å². The summed E-state index contributed by atoms with van der Waals surface area (Å²) in [6.45, 7) is 2.58. The number of hydrogen-bond donors (Lipinski definition) is 1. The predicted molar refractivity (Wildman–Crippen MR) is 41.7 cm³/mol. The van der Waals surface area contributed by atoms with E-state index in [4.69, 9.17) is 5.73 Å². The first-order chi connectivity index (χ1) is 4.75. The Balaban J connectivity index is 2.00. The van der Waals surface area contributed by atoms with Gasteiger partial charge in [0.05, 0.1) is 0 Å². The van der Waals surface area contributed by atoms with Gasteiger partial charge in [0.15, 0.2) is 0 Å². The normalized spacial score (nSPS) is 48.0. The molecule has 0 aromatic heterocycles. The van der Waals surface area contributed by atoms with Crippen molar-refractivity contribution < 1.29 is 0 Å².